The van der Waals surface area contributed by atoms with Gasteiger partial charge in [0, 0.05) is 18.7 Å². The van der Waals surface area contributed by atoms with Gasteiger partial charge in [0.15, 0.2) is 17.7 Å². The van der Waals surface area contributed by atoms with Gasteiger partial charge in [-0.3, -0.25) is 14.4 Å². The van der Waals surface area contributed by atoms with E-state index in [0.717, 1.165) is 6.07 Å². The number of hydrogen-bond acceptors (Lipinski definition) is 10. The fourth-order valence-electron chi connectivity index (χ4n) is 4.20. The van der Waals surface area contributed by atoms with Crippen LogP contribution < -0.4 is 15.3 Å². The Morgan fingerprint density at radius 3 is 2.66 bits per heavy atom. The highest BCUT2D eigenvalue weighted by molar-refractivity contribution is 6.00. The van der Waals surface area contributed by atoms with E-state index in [-0.39, 0.29) is 48.9 Å². The Morgan fingerprint density at radius 1 is 1.18 bits per heavy atom. The molecule has 0 unspecified atom stereocenters. The van der Waals surface area contributed by atoms with E-state index in [1.165, 1.54) is 21.7 Å². The first kappa shape index (κ1) is 26.7. The zero-order valence-electron chi connectivity index (χ0n) is 19.9. The lowest BCUT2D eigenvalue weighted by atomic mass is 10.0. The van der Waals surface area contributed by atoms with Crippen LogP contribution in [-0.2, 0) is 32.0 Å². The second-order valence-corrected chi connectivity index (χ2v) is 8.53. The van der Waals surface area contributed by atoms with Crippen molar-refractivity contribution in [3.63, 3.8) is 0 Å². The van der Waals surface area contributed by atoms with Gasteiger partial charge in [-0.1, -0.05) is 6.07 Å². The summed E-state index contributed by atoms with van der Waals surface area (Å²) in [5.74, 6) is -5.21. The van der Waals surface area contributed by atoms with Crippen molar-refractivity contribution in [2.75, 3.05) is 20.0 Å². The number of halogens is 2. The number of Topliss-reactive ketones (excluding diaryl/α,β-unsaturated/α-hetero) is 1. The molecule has 4 rings (SSSR count). The molecule has 2 aliphatic heterocycles. The minimum absolute atomic E-state index is 0.0590. The van der Waals surface area contributed by atoms with Crippen molar-refractivity contribution in [2.45, 2.75) is 38.6 Å². The smallest absolute Gasteiger partial charge is 0.511 e. The summed E-state index contributed by atoms with van der Waals surface area (Å²) in [6, 6.07) is 2.60. The molecule has 0 spiro atoms. The minimum Gasteiger partial charge on any atom is -0.546 e. The summed E-state index contributed by atoms with van der Waals surface area (Å²) in [6.45, 7) is 0.0177. The summed E-state index contributed by atoms with van der Waals surface area (Å²) in [4.78, 5) is 62.8. The van der Waals surface area contributed by atoms with Crippen molar-refractivity contribution in [3.8, 4) is 5.75 Å². The average molecular weight is 535 g/mol. The zero-order chi connectivity index (χ0) is 27.6. The fourth-order valence-corrected chi connectivity index (χ4v) is 4.20. The lowest BCUT2D eigenvalue weighted by molar-refractivity contribution is -0.308. The Morgan fingerprint density at radius 2 is 1.95 bits per heavy atom. The molecule has 0 aliphatic carbocycles. The standard InChI is InChI=1S/C24H22F2N2O10/c1-12-9-35-18-8-27-7-15(17(29)5-3-13-2-4-14(25)6-16(13)26)21(32)22(20(27)23(33)28(12)18)37-11-38-24(34)36-10-19(30)31/h2,4,6-7,12,18H,3,5,8-11H2,1H3,(H,30,31)/p-1/t12-,18+/m0/s1. The quantitative estimate of drug-likeness (QED) is 0.250. The molecule has 2 aliphatic rings. The number of aryl methyl sites for hydroxylation is 1. The molecule has 0 radical (unpaired) electrons. The van der Waals surface area contributed by atoms with Crippen LogP contribution in [0.1, 0.15) is 39.8 Å². The third kappa shape index (κ3) is 5.49. The van der Waals surface area contributed by atoms with Crippen LogP contribution in [0.25, 0.3) is 0 Å². The number of amides is 1. The highest BCUT2D eigenvalue weighted by Crippen LogP contribution is 2.30. The Hall–Kier alpha value is -4.33. The topological polar surface area (TPSA) is 154 Å². The van der Waals surface area contributed by atoms with Crippen LogP contribution in [0.3, 0.4) is 0 Å². The number of carbonyl (C=O) groups excluding carboxylic acids is 4. The Labute approximate surface area is 213 Å². The van der Waals surface area contributed by atoms with E-state index in [1.54, 1.807) is 6.92 Å². The number of carbonyl (C=O) groups is 4. The first-order valence-corrected chi connectivity index (χ1v) is 11.4. The van der Waals surface area contributed by atoms with Crippen LogP contribution in [0.15, 0.2) is 29.2 Å². The van der Waals surface area contributed by atoms with Crippen LogP contribution in [0.4, 0.5) is 13.6 Å². The van der Waals surface area contributed by atoms with Gasteiger partial charge in [0.05, 0.1) is 30.7 Å². The van der Waals surface area contributed by atoms with Crippen molar-refractivity contribution >= 4 is 23.8 Å². The SMILES string of the molecule is C[C@H]1CO[C@@H]2Cn3cc(C(=O)CCc4ccc(F)cc4F)c(=O)c(OCOC(=O)OCC(=O)[O-])c3C(=O)N12. The van der Waals surface area contributed by atoms with Crippen molar-refractivity contribution < 1.29 is 52.0 Å². The number of aliphatic carboxylic acids is 1. The molecule has 0 N–H and O–H groups in total. The molecular formula is C24H21F2N2O10-. The van der Waals surface area contributed by atoms with Gasteiger partial charge in [-0.15, -0.1) is 0 Å². The molecular weight excluding hydrogens is 514 g/mol. The molecule has 0 saturated carbocycles. The molecule has 1 aromatic carbocycles. The van der Waals surface area contributed by atoms with Crippen molar-refractivity contribution in [2.24, 2.45) is 0 Å². The number of ether oxygens (including phenoxy) is 4. The van der Waals surface area contributed by atoms with Crippen molar-refractivity contribution in [1.29, 1.82) is 0 Å². The predicted molar refractivity (Wildman–Crippen MR) is 118 cm³/mol. The molecule has 3 heterocycles. The normalized spacial score (nSPS) is 18.0. The Kier molecular flexibility index (Phi) is 7.71. The van der Waals surface area contributed by atoms with E-state index in [2.05, 4.69) is 9.47 Å². The molecule has 2 atom stereocenters. The number of rotatable bonds is 9. The van der Waals surface area contributed by atoms with Gasteiger partial charge >= 0.3 is 6.16 Å². The van der Waals surface area contributed by atoms with Gasteiger partial charge in [-0.2, -0.15) is 0 Å². The second-order valence-electron chi connectivity index (χ2n) is 8.53. The number of hydrogen-bond donors (Lipinski definition) is 0. The molecule has 1 aromatic heterocycles. The van der Waals surface area contributed by atoms with E-state index in [0.29, 0.717) is 6.07 Å². The lowest BCUT2D eigenvalue weighted by Crippen LogP contribution is -2.49. The summed E-state index contributed by atoms with van der Waals surface area (Å²) >= 11 is 0. The number of pyridine rings is 1. The Bertz CT molecular complexity index is 1360. The number of carboxylic acids is 1. The summed E-state index contributed by atoms with van der Waals surface area (Å²) in [6.07, 6.45) is -1.37. The molecule has 1 saturated heterocycles. The minimum atomic E-state index is -1.68. The molecule has 38 heavy (non-hydrogen) atoms. The predicted octanol–water partition coefficient (Wildman–Crippen LogP) is 0.382. The van der Waals surface area contributed by atoms with E-state index in [4.69, 9.17) is 9.47 Å². The zero-order valence-corrected chi connectivity index (χ0v) is 19.9. The fraction of sp³-hybridized carbons (Fsp3) is 0.375. The van der Waals surface area contributed by atoms with E-state index < -0.39 is 66.3 Å². The molecule has 14 heteroatoms. The van der Waals surface area contributed by atoms with E-state index in [9.17, 15) is 37.9 Å². The lowest BCUT2D eigenvalue weighted by Gasteiger charge is -2.34. The Balaban J connectivity index is 1.61. The number of fused-ring (bicyclic) bond motifs is 2. The molecule has 202 valence electrons. The number of ketones is 1. The largest absolute Gasteiger partial charge is 0.546 e. The third-order valence-electron chi connectivity index (χ3n) is 5.97. The van der Waals surface area contributed by atoms with Crippen LogP contribution in [-0.4, -0.2) is 65.6 Å². The summed E-state index contributed by atoms with van der Waals surface area (Å²) in [7, 11) is 0. The van der Waals surface area contributed by atoms with Gasteiger partial charge in [0.25, 0.3) is 5.91 Å². The van der Waals surface area contributed by atoms with Crippen LogP contribution in [0.5, 0.6) is 5.75 Å². The molecule has 12 nitrogen and oxygen atoms in total. The number of nitrogens with zero attached hydrogens (tertiary/aromatic N) is 2. The first-order valence-electron chi connectivity index (χ1n) is 11.4. The maximum absolute atomic E-state index is 14.0. The number of carboxylic acid groups (broad SMARTS) is 1. The van der Waals surface area contributed by atoms with Gasteiger partial charge < -0.3 is 38.3 Å². The van der Waals surface area contributed by atoms with Gasteiger partial charge in [-0.05, 0) is 25.0 Å². The molecule has 1 fully saturated rings. The summed E-state index contributed by atoms with van der Waals surface area (Å²) in [5.41, 5.74) is -1.50. The first-order chi connectivity index (χ1) is 18.1. The van der Waals surface area contributed by atoms with Crippen LogP contribution in [0, 0.1) is 11.6 Å². The average Bonchev–Trinajstić information content (AvgIpc) is 3.23. The van der Waals surface area contributed by atoms with E-state index >= 15 is 0 Å². The summed E-state index contributed by atoms with van der Waals surface area (Å²) < 4.78 is 48.2. The monoisotopic (exact) mass is 535 g/mol. The molecule has 1 amide bonds. The highest BCUT2D eigenvalue weighted by atomic mass is 19.1. The summed E-state index contributed by atoms with van der Waals surface area (Å²) in [5, 5.41) is 10.4. The molecule has 2 aromatic rings. The van der Waals surface area contributed by atoms with Gasteiger partial charge in [0.2, 0.25) is 18.0 Å². The van der Waals surface area contributed by atoms with Gasteiger partial charge in [-0.25, -0.2) is 13.6 Å². The van der Waals surface area contributed by atoms with E-state index in [1.807, 2.05) is 0 Å². The van der Waals surface area contributed by atoms with Crippen molar-refractivity contribution in [3.05, 3.63) is 63.1 Å². The van der Waals surface area contributed by atoms with Gasteiger partial charge in [0.1, 0.15) is 18.2 Å². The van der Waals surface area contributed by atoms with Crippen molar-refractivity contribution in [1.82, 2.24) is 9.47 Å². The number of benzene rings is 1. The highest BCUT2D eigenvalue weighted by Gasteiger charge is 2.43. The number of aromatic nitrogens is 1. The second kappa shape index (κ2) is 11.0. The maximum atomic E-state index is 14.0. The maximum Gasteiger partial charge on any atom is 0.511 e. The molecule has 0 bridgehead atoms. The van der Waals surface area contributed by atoms with Crippen LogP contribution >= 0.6 is 0 Å². The third-order valence-corrected chi connectivity index (χ3v) is 5.97. The van der Waals surface area contributed by atoms with Crippen LogP contribution in [0.2, 0.25) is 0 Å².